The lowest BCUT2D eigenvalue weighted by Crippen LogP contribution is -2.34. The molecular weight excluding hydrogens is 392 g/mol. The standard InChI is InChI=1S/C20H17F2N7O/c1-12-11-30-7-6-28(12)17-8-15(13-9-25-29(10-13)20(21)22)14-2-4-23-19(18(14)26-17)16-3-5-24-27-16/h2-5,8-10,20H,1,6-7,11H2,(H,24,27). The van der Waals surface area contributed by atoms with Crippen molar-refractivity contribution in [1.29, 1.82) is 0 Å². The molecule has 0 bridgehead atoms. The third-order valence-corrected chi connectivity index (χ3v) is 4.97. The zero-order valence-electron chi connectivity index (χ0n) is 15.8. The Morgan fingerprint density at radius 3 is 2.87 bits per heavy atom. The largest absolute Gasteiger partial charge is 0.373 e. The molecule has 0 spiro atoms. The van der Waals surface area contributed by atoms with Crippen LogP contribution < -0.4 is 4.90 Å². The third kappa shape index (κ3) is 3.11. The van der Waals surface area contributed by atoms with E-state index in [-0.39, 0.29) is 0 Å². The molecule has 1 aliphatic heterocycles. The van der Waals surface area contributed by atoms with Gasteiger partial charge in [0.1, 0.15) is 17.0 Å². The summed E-state index contributed by atoms with van der Waals surface area (Å²) in [7, 11) is 0. The molecule has 0 radical (unpaired) electrons. The zero-order chi connectivity index (χ0) is 20.7. The molecule has 0 saturated carbocycles. The van der Waals surface area contributed by atoms with E-state index in [1.165, 1.54) is 12.4 Å². The first kappa shape index (κ1) is 18.4. The second-order valence-corrected chi connectivity index (χ2v) is 6.81. The number of halogens is 2. The predicted octanol–water partition coefficient (Wildman–Crippen LogP) is 3.63. The van der Waals surface area contributed by atoms with Crippen LogP contribution in [0.3, 0.4) is 0 Å². The van der Waals surface area contributed by atoms with E-state index in [1.807, 2.05) is 17.0 Å². The molecule has 8 nitrogen and oxygen atoms in total. The number of fused-ring (bicyclic) bond motifs is 1. The highest BCUT2D eigenvalue weighted by molar-refractivity contribution is 6.01. The number of nitrogens with zero attached hydrogens (tertiary/aromatic N) is 6. The summed E-state index contributed by atoms with van der Waals surface area (Å²) in [6.07, 6.45) is 6.05. The van der Waals surface area contributed by atoms with Crippen LogP contribution in [0.4, 0.5) is 14.6 Å². The molecule has 1 fully saturated rings. The fourth-order valence-corrected chi connectivity index (χ4v) is 3.54. The van der Waals surface area contributed by atoms with Gasteiger partial charge in [-0.15, -0.1) is 0 Å². The Morgan fingerprint density at radius 1 is 1.23 bits per heavy atom. The van der Waals surface area contributed by atoms with Gasteiger partial charge in [-0.2, -0.15) is 19.0 Å². The van der Waals surface area contributed by atoms with Crippen molar-refractivity contribution in [3.8, 4) is 22.5 Å². The second kappa shape index (κ2) is 7.30. The Labute approximate surface area is 169 Å². The molecule has 0 amide bonds. The van der Waals surface area contributed by atoms with Crippen LogP contribution in [0.2, 0.25) is 0 Å². The van der Waals surface area contributed by atoms with Crippen LogP contribution in [-0.4, -0.2) is 49.7 Å². The average Bonchev–Trinajstić information content (AvgIpc) is 3.45. The number of aromatic amines is 1. The summed E-state index contributed by atoms with van der Waals surface area (Å²) >= 11 is 0. The van der Waals surface area contributed by atoms with Gasteiger partial charge in [0.05, 0.1) is 25.1 Å². The summed E-state index contributed by atoms with van der Waals surface area (Å²) in [5.41, 5.74) is 4.01. The Morgan fingerprint density at radius 2 is 2.13 bits per heavy atom. The minimum Gasteiger partial charge on any atom is -0.373 e. The monoisotopic (exact) mass is 409 g/mol. The van der Waals surface area contributed by atoms with Crippen molar-refractivity contribution in [2.24, 2.45) is 0 Å². The molecule has 0 atom stereocenters. The van der Waals surface area contributed by atoms with Crippen molar-refractivity contribution in [3.05, 3.63) is 55.3 Å². The lowest BCUT2D eigenvalue weighted by molar-refractivity contribution is 0.0566. The van der Waals surface area contributed by atoms with Crippen molar-refractivity contribution in [2.45, 2.75) is 6.55 Å². The minimum atomic E-state index is -2.72. The van der Waals surface area contributed by atoms with Gasteiger partial charge in [0.25, 0.3) is 0 Å². The van der Waals surface area contributed by atoms with Gasteiger partial charge in [-0.05, 0) is 23.8 Å². The van der Waals surface area contributed by atoms with Crippen molar-refractivity contribution in [3.63, 3.8) is 0 Å². The first-order valence-corrected chi connectivity index (χ1v) is 9.27. The number of alkyl halides is 2. The van der Waals surface area contributed by atoms with Gasteiger partial charge in [0, 0.05) is 41.8 Å². The SMILES string of the molecule is C=C1COCCN1c1cc(-c2cnn(C(F)F)c2)c2ccnc(-c3ccn[nH]3)c2n1. The molecule has 1 N–H and O–H groups in total. The molecule has 4 aromatic rings. The minimum absolute atomic E-state index is 0.402. The Balaban J connectivity index is 1.76. The topological polar surface area (TPSA) is 84.8 Å². The summed E-state index contributed by atoms with van der Waals surface area (Å²) in [5.74, 6) is 0.643. The highest BCUT2D eigenvalue weighted by Gasteiger charge is 2.21. The Kier molecular flexibility index (Phi) is 4.47. The van der Waals surface area contributed by atoms with Crippen LogP contribution in [0.15, 0.2) is 55.3 Å². The van der Waals surface area contributed by atoms with E-state index in [1.54, 1.807) is 18.5 Å². The maximum absolute atomic E-state index is 13.1. The fourth-order valence-electron chi connectivity index (χ4n) is 3.54. The van der Waals surface area contributed by atoms with Crippen molar-refractivity contribution >= 4 is 16.7 Å². The van der Waals surface area contributed by atoms with Crippen LogP contribution in [-0.2, 0) is 4.74 Å². The summed E-state index contributed by atoms with van der Waals surface area (Å²) in [5, 5.41) is 11.5. The van der Waals surface area contributed by atoms with E-state index in [0.29, 0.717) is 52.7 Å². The molecule has 10 heteroatoms. The lowest BCUT2D eigenvalue weighted by Gasteiger charge is -2.30. The van der Waals surface area contributed by atoms with Gasteiger partial charge >= 0.3 is 6.55 Å². The molecule has 4 aromatic heterocycles. The smallest absolute Gasteiger partial charge is 0.333 e. The zero-order valence-corrected chi connectivity index (χ0v) is 15.8. The Hall–Kier alpha value is -3.66. The van der Waals surface area contributed by atoms with E-state index in [9.17, 15) is 8.78 Å². The van der Waals surface area contributed by atoms with Crippen LogP contribution in [0.1, 0.15) is 6.55 Å². The van der Waals surface area contributed by atoms with Crippen molar-refractivity contribution in [2.75, 3.05) is 24.7 Å². The molecule has 1 saturated heterocycles. The first-order valence-electron chi connectivity index (χ1n) is 9.27. The Bertz CT molecular complexity index is 1220. The number of morpholine rings is 1. The number of hydrogen-bond acceptors (Lipinski definition) is 6. The highest BCUT2D eigenvalue weighted by Crippen LogP contribution is 2.36. The molecule has 5 heterocycles. The maximum atomic E-state index is 13.1. The quantitative estimate of drug-likeness (QED) is 0.554. The van der Waals surface area contributed by atoms with Gasteiger partial charge in [-0.1, -0.05) is 6.58 Å². The number of aromatic nitrogens is 6. The van der Waals surface area contributed by atoms with Gasteiger partial charge in [-0.3, -0.25) is 10.1 Å². The molecule has 1 aliphatic rings. The molecule has 5 rings (SSSR count). The highest BCUT2D eigenvalue weighted by atomic mass is 19.3. The number of hydrogen-bond donors (Lipinski definition) is 1. The van der Waals surface area contributed by atoms with Gasteiger partial charge < -0.3 is 9.64 Å². The van der Waals surface area contributed by atoms with Gasteiger partial charge in [0.2, 0.25) is 0 Å². The van der Waals surface area contributed by atoms with Crippen LogP contribution in [0.5, 0.6) is 0 Å². The van der Waals surface area contributed by atoms with Crippen molar-refractivity contribution in [1.82, 2.24) is 29.9 Å². The van der Waals surface area contributed by atoms with E-state index in [0.717, 1.165) is 16.6 Å². The number of rotatable bonds is 4. The number of ether oxygens (including phenoxy) is 1. The molecular formula is C20H17F2N7O. The average molecular weight is 409 g/mol. The van der Waals surface area contributed by atoms with E-state index < -0.39 is 6.55 Å². The molecule has 0 unspecified atom stereocenters. The lowest BCUT2D eigenvalue weighted by atomic mass is 10.0. The molecule has 30 heavy (non-hydrogen) atoms. The van der Waals surface area contributed by atoms with E-state index in [2.05, 4.69) is 26.9 Å². The van der Waals surface area contributed by atoms with E-state index in [4.69, 9.17) is 9.72 Å². The molecule has 0 aromatic carbocycles. The summed E-state index contributed by atoms with van der Waals surface area (Å²) in [6, 6.07) is 5.48. The summed E-state index contributed by atoms with van der Waals surface area (Å²) in [4.78, 5) is 11.3. The van der Waals surface area contributed by atoms with Gasteiger partial charge in [0.15, 0.2) is 0 Å². The predicted molar refractivity (Wildman–Crippen MR) is 107 cm³/mol. The molecule has 152 valence electrons. The maximum Gasteiger partial charge on any atom is 0.333 e. The summed E-state index contributed by atoms with van der Waals surface area (Å²) < 4.78 is 32.3. The first-order chi connectivity index (χ1) is 14.6. The molecule has 0 aliphatic carbocycles. The fraction of sp³-hybridized carbons (Fsp3) is 0.200. The summed E-state index contributed by atoms with van der Waals surface area (Å²) in [6.45, 7) is 2.88. The van der Waals surface area contributed by atoms with Crippen LogP contribution in [0, 0.1) is 0 Å². The number of pyridine rings is 2. The number of H-pyrrole nitrogens is 1. The number of anilines is 1. The van der Waals surface area contributed by atoms with Gasteiger partial charge in [-0.25, -0.2) is 9.67 Å². The van der Waals surface area contributed by atoms with E-state index >= 15 is 0 Å². The van der Waals surface area contributed by atoms with Crippen molar-refractivity contribution < 1.29 is 13.5 Å². The second-order valence-electron chi connectivity index (χ2n) is 6.81. The van der Waals surface area contributed by atoms with Crippen LogP contribution >= 0.6 is 0 Å². The third-order valence-electron chi connectivity index (χ3n) is 4.97. The number of nitrogens with one attached hydrogen (secondary N) is 1. The normalized spacial score (nSPS) is 14.8. The van der Waals surface area contributed by atoms with Crippen LogP contribution in [0.25, 0.3) is 33.4 Å².